The van der Waals surface area contributed by atoms with Gasteiger partial charge in [-0.1, -0.05) is 53.9 Å². The zero-order valence-electron chi connectivity index (χ0n) is 10.6. The van der Waals surface area contributed by atoms with Crippen molar-refractivity contribution in [1.29, 1.82) is 0 Å². The van der Waals surface area contributed by atoms with Gasteiger partial charge in [0, 0.05) is 6.61 Å². The first-order valence-corrected chi connectivity index (χ1v) is 6.13. The molecule has 1 heteroatoms. The highest BCUT2D eigenvalue weighted by molar-refractivity contribution is 4.66. The Bertz CT molecular complexity index is 117. The second-order valence-electron chi connectivity index (χ2n) is 5.08. The SMILES string of the molecule is CCC(C)C(C)CCC(C)C(C)CO. The van der Waals surface area contributed by atoms with Crippen LogP contribution in [-0.2, 0) is 0 Å². The van der Waals surface area contributed by atoms with E-state index in [1.54, 1.807) is 0 Å². The van der Waals surface area contributed by atoms with E-state index in [-0.39, 0.29) is 0 Å². The quantitative estimate of drug-likeness (QED) is 0.664. The summed E-state index contributed by atoms with van der Waals surface area (Å²) in [4.78, 5) is 0. The Kier molecular flexibility index (Phi) is 7.26. The molecule has 0 aromatic carbocycles. The van der Waals surface area contributed by atoms with Gasteiger partial charge in [-0.05, 0) is 23.7 Å². The van der Waals surface area contributed by atoms with Gasteiger partial charge in [0.05, 0.1) is 0 Å². The van der Waals surface area contributed by atoms with Gasteiger partial charge in [0.2, 0.25) is 0 Å². The first-order valence-electron chi connectivity index (χ1n) is 6.13. The average molecular weight is 200 g/mol. The summed E-state index contributed by atoms with van der Waals surface area (Å²) in [6, 6.07) is 0. The van der Waals surface area contributed by atoms with Crippen molar-refractivity contribution < 1.29 is 5.11 Å². The lowest BCUT2D eigenvalue weighted by atomic mass is 9.84. The van der Waals surface area contributed by atoms with Crippen LogP contribution in [0.4, 0.5) is 0 Å². The zero-order chi connectivity index (χ0) is 11.1. The summed E-state index contributed by atoms with van der Waals surface area (Å²) in [5.41, 5.74) is 0. The molecule has 4 atom stereocenters. The van der Waals surface area contributed by atoms with Gasteiger partial charge in [-0.25, -0.2) is 0 Å². The molecule has 0 rings (SSSR count). The Balaban J connectivity index is 3.70. The topological polar surface area (TPSA) is 20.2 Å². The molecule has 0 bridgehead atoms. The molecule has 86 valence electrons. The highest BCUT2D eigenvalue weighted by Crippen LogP contribution is 2.24. The van der Waals surface area contributed by atoms with Crippen LogP contribution in [0.5, 0.6) is 0 Å². The molecular formula is C13H28O. The van der Waals surface area contributed by atoms with Gasteiger partial charge in [-0.2, -0.15) is 0 Å². The van der Waals surface area contributed by atoms with Crippen molar-refractivity contribution in [1.82, 2.24) is 0 Å². The van der Waals surface area contributed by atoms with E-state index in [1.807, 2.05) is 0 Å². The van der Waals surface area contributed by atoms with E-state index in [2.05, 4.69) is 34.6 Å². The Morgan fingerprint density at radius 1 is 0.786 bits per heavy atom. The number of hydrogen-bond acceptors (Lipinski definition) is 1. The Hall–Kier alpha value is -0.0400. The van der Waals surface area contributed by atoms with Gasteiger partial charge in [0.15, 0.2) is 0 Å². The summed E-state index contributed by atoms with van der Waals surface area (Å²) in [6.07, 6.45) is 3.85. The summed E-state index contributed by atoms with van der Waals surface area (Å²) in [5, 5.41) is 9.03. The Labute approximate surface area is 89.9 Å². The minimum Gasteiger partial charge on any atom is -0.396 e. The second-order valence-corrected chi connectivity index (χ2v) is 5.08. The van der Waals surface area contributed by atoms with Crippen molar-refractivity contribution in [3.8, 4) is 0 Å². The van der Waals surface area contributed by atoms with Crippen molar-refractivity contribution >= 4 is 0 Å². The van der Waals surface area contributed by atoms with E-state index < -0.39 is 0 Å². The van der Waals surface area contributed by atoms with Crippen LogP contribution in [0.2, 0.25) is 0 Å². The van der Waals surface area contributed by atoms with E-state index >= 15 is 0 Å². The minimum atomic E-state index is 0.332. The molecular weight excluding hydrogens is 172 g/mol. The van der Waals surface area contributed by atoms with Gasteiger partial charge < -0.3 is 5.11 Å². The number of hydrogen-bond donors (Lipinski definition) is 1. The van der Waals surface area contributed by atoms with E-state index in [1.165, 1.54) is 19.3 Å². The Morgan fingerprint density at radius 3 is 1.57 bits per heavy atom. The van der Waals surface area contributed by atoms with Gasteiger partial charge in [0.25, 0.3) is 0 Å². The third kappa shape index (κ3) is 4.99. The number of aliphatic hydroxyl groups excluding tert-OH is 1. The number of aliphatic hydroxyl groups is 1. The smallest absolute Gasteiger partial charge is 0.0459 e. The van der Waals surface area contributed by atoms with Crippen LogP contribution in [0.25, 0.3) is 0 Å². The summed E-state index contributed by atoms with van der Waals surface area (Å²) in [7, 11) is 0. The number of rotatable bonds is 7. The predicted molar refractivity (Wildman–Crippen MR) is 63.3 cm³/mol. The van der Waals surface area contributed by atoms with Crippen LogP contribution in [0.3, 0.4) is 0 Å². The highest BCUT2D eigenvalue weighted by atomic mass is 16.3. The van der Waals surface area contributed by atoms with Gasteiger partial charge in [-0.15, -0.1) is 0 Å². The van der Waals surface area contributed by atoms with Gasteiger partial charge in [-0.3, -0.25) is 0 Å². The molecule has 0 aromatic rings. The fourth-order valence-corrected chi connectivity index (χ4v) is 1.68. The summed E-state index contributed by atoms with van der Waals surface area (Å²) >= 11 is 0. The lowest BCUT2D eigenvalue weighted by Crippen LogP contribution is -2.15. The third-order valence-electron chi connectivity index (χ3n) is 3.95. The fraction of sp³-hybridized carbons (Fsp3) is 1.00. The molecule has 1 N–H and O–H groups in total. The van der Waals surface area contributed by atoms with Crippen molar-refractivity contribution in [3.63, 3.8) is 0 Å². The minimum absolute atomic E-state index is 0.332. The van der Waals surface area contributed by atoms with Crippen molar-refractivity contribution in [2.75, 3.05) is 6.61 Å². The molecule has 0 saturated heterocycles. The predicted octanol–water partition coefficient (Wildman–Crippen LogP) is 3.71. The molecule has 4 unspecified atom stereocenters. The van der Waals surface area contributed by atoms with Crippen LogP contribution in [0.1, 0.15) is 53.9 Å². The van der Waals surface area contributed by atoms with E-state index in [0.717, 1.165) is 11.8 Å². The summed E-state index contributed by atoms with van der Waals surface area (Å²) in [6.45, 7) is 11.7. The molecule has 1 nitrogen and oxygen atoms in total. The van der Waals surface area contributed by atoms with Crippen LogP contribution >= 0.6 is 0 Å². The maximum atomic E-state index is 9.03. The van der Waals surface area contributed by atoms with Crippen LogP contribution in [-0.4, -0.2) is 11.7 Å². The van der Waals surface area contributed by atoms with Crippen LogP contribution < -0.4 is 0 Å². The molecule has 0 aromatic heterocycles. The molecule has 0 aliphatic heterocycles. The molecule has 0 amide bonds. The lowest BCUT2D eigenvalue weighted by Gasteiger charge is -2.22. The van der Waals surface area contributed by atoms with Gasteiger partial charge in [0.1, 0.15) is 0 Å². The lowest BCUT2D eigenvalue weighted by molar-refractivity contribution is 0.182. The second kappa shape index (κ2) is 7.28. The molecule has 14 heavy (non-hydrogen) atoms. The first kappa shape index (κ1) is 14.0. The van der Waals surface area contributed by atoms with E-state index in [0.29, 0.717) is 18.4 Å². The average Bonchev–Trinajstić information content (AvgIpc) is 2.22. The van der Waals surface area contributed by atoms with E-state index in [4.69, 9.17) is 5.11 Å². The maximum Gasteiger partial charge on any atom is 0.0459 e. The normalized spacial score (nSPS) is 20.1. The zero-order valence-corrected chi connectivity index (χ0v) is 10.6. The summed E-state index contributed by atoms with van der Waals surface area (Å²) in [5.74, 6) is 2.78. The Morgan fingerprint density at radius 2 is 1.21 bits per heavy atom. The van der Waals surface area contributed by atoms with Crippen LogP contribution in [0.15, 0.2) is 0 Å². The molecule has 0 radical (unpaired) electrons. The van der Waals surface area contributed by atoms with E-state index in [9.17, 15) is 0 Å². The molecule has 0 aliphatic carbocycles. The first-order chi connectivity index (χ1) is 6.52. The fourth-order valence-electron chi connectivity index (χ4n) is 1.68. The van der Waals surface area contributed by atoms with Crippen LogP contribution in [0, 0.1) is 23.7 Å². The van der Waals surface area contributed by atoms with Crippen molar-refractivity contribution in [2.24, 2.45) is 23.7 Å². The molecule has 0 heterocycles. The molecule has 0 fully saturated rings. The van der Waals surface area contributed by atoms with Crippen molar-refractivity contribution in [3.05, 3.63) is 0 Å². The monoisotopic (exact) mass is 200 g/mol. The third-order valence-corrected chi connectivity index (χ3v) is 3.95. The maximum absolute atomic E-state index is 9.03. The largest absolute Gasteiger partial charge is 0.396 e. The van der Waals surface area contributed by atoms with Crippen molar-refractivity contribution in [2.45, 2.75) is 53.9 Å². The highest BCUT2D eigenvalue weighted by Gasteiger charge is 2.15. The standard InChI is InChI=1S/C13H28O/c1-6-10(2)11(3)7-8-12(4)13(5)9-14/h10-14H,6-9H2,1-5H3. The molecule has 0 aliphatic rings. The molecule has 0 spiro atoms. The summed E-state index contributed by atoms with van der Waals surface area (Å²) < 4.78 is 0. The van der Waals surface area contributed by atoms with Gasteiger partial charge >= 0.3 is 0 Å². The molecule has 0 saturated carbocycles.